The quantitative estimate of drug-likeness (QED) is 0.514. The number of rotatable bonds is 6. The van der Waals surface area contributed by atoms with E-state index >= 15 is 0 Å². The van der Waals surface area contributed by atoms with Crippen molar-refractivity contribution in [1.29, 1.82) is 0 Å². The van der Waals surface area contributed by atoms with E-state index in [2.05, 4.69) is 32.8 Å². The Kier molecular flexibility index (Phi) is 7.81. The van der Waals surface area contributed by atoms with Gasteiger partial charge in [-0.3, -0.25) is 0 Å². The van der Waals surface area contributed by atoms with Gasteiger partial charge in [0.25, 0.3) is 0 Å². The molecule has 1 aliphatic heterocycles. The normalized spacial score (nSPS) is 18.6. The minimum absolute atomic E-state index is 0.166. The van der Waals surface area contributed by atoms with Gasteiger partial charge in [0.2, 0.25) is 0 Å². The topological polar surface area (TPSA) is 50.8 Å². The van der Waals surface area contributed by atoms with Gasteiger partial charge < -0.3 is 19.7 Å². The van der Waals surface area contributed by atoms with Crippen molar-refractivity contribution in [3.05, 3.63) is 27.8 Å². The molecule has 1 heterocycles. The van der Waals surface area contributed by atoms with Crippen molar-refractivity contribution in [3.63, 3.8) is 0 Å². The van der Waals surface area contributed by atoms with E-state index in [4.69, 9.17) is 9.47 Å². The number of amides is 1. The molecule has 5 nitrogen and oxygen atoms in total. The molecule has 0 aliphatic carbocycles. The fourth-order valence-electron chi connectivity index (χ4n) is 2.88. The Balaban J connectivity index is 1.67. The number of carbonyl (C=O) groups excluding carboxylic acids is 1. The number of ether oxygens (including phenoxy) is 2. The number of nitrogens with one attached hydrogen (secondary N) is 1. The fraction of sp³-hybridized carbons (Fsp3) is 0.632. The molecule has 1 aromatic rings. The van der Waals surface area contributed by atoms with Crippen LogP contribution in [0.3, 0.4) is 0 Å². The first-order valence-corrected chi connectivity index (χ1v) is 10.0. The smallest absolute Gasteiger partial charge is 0.407 e. The van der Waals surface area contributed by atoms with Crippen molar-refractivity contribution >= 4 is 28.7 Å². The van der Waals surface area contributed by atoms with Gasteiger partial charge >= 0.3 is 6.09 Å². The highest BCUT2D eigenvalue weighted by molar-refractivity contribution is 14.1. The molecule has 1 N–H and O–H groups in total. The Labute approximate surface area is 164 Å². The highest BCUT2D eigenvalue weighted by atomic mass is 127. The number of benzene rings is 1. The summed E-state index contributed by atoms with van der Waals surface area (Å²) in [6, 6.07) is 8.23. The molecular formula is C19H29IN2O3. The highest BCUT2D eigenvalue weighted by Gasteiger charge is 2.23. The second-order valence-electron chi connectivity index (χ2n) is 7.42. The molecule has 0 saturated carbocycles. The van der Waals surface area contributed by atoms with E-state index in [1.165, 1.54) is 0 Å². The third kappa shape index (κ3) is 7.81. The van der Waals surface area contributed by atoms with E-state index < -0.39 is 5.60 Å². The number of hydrogen-bond acceptors (Lipinski definition) is 4. The van der Waals surface area contributed by atoms with Gasteiger partial charge in [0.05, 0.1) is 10.2 Å². The lowest BCUT2D eigenvalue weighted by Gasteiger charge is -2.33. The van der Waals surface area contributed by atoms with Gasteiger partial charge in [-0.15, -0.1) is 0 Å². The molecule has 6 heteroatoms. The lowest BCUT2D eigenvalue weighted by atomic mass is 10.1. The molecule has 1 amide bonds. The summed E-state index contributed by atoms with van der Waals surface area (Å²) >= 11 is 2.29. The van der Waals surface area contributed by atoms with E-state index in [9.17, 15) is 4.79 Å². The third-order valence-electron chi connectivity index (χ3n) is 3.94. The lowest BCUT2D eigenvalue weighted by molar-refractivity contribution is 0.0471. The van der Waals surface area contributed by atoms with Gasteiger partial charge in [0.15, 0.2) is 0 Å². The van der Waals surface area contributed by atoms with Crippen molar-refractivity contribution in [2.45, 2.75) is 51.7 Å². The van der Waals surface area contributed by atoms with Crippen LogP contribution in [-0.4, -0.2) is 48.9 Å². The third-order valence-corrected chi connectivity index (χ3v) is 4.83. The maximum absolute atomic E-state index is 11.9. The Hall–Kier alpha value is -1.02. The van der Waals surface area contributed by atoms with E-state index in [1.807, 2.05) is 45.0 Å². The van der Waals surface area contributed by atoms with E-state index in [1.54, 1.807) is 0 Å². The number of piperidine rings is 1. The lowest BCUT2D eigenvalue weighted by Crippen LogP contribution is -2.49. The van der Waals surface area contributed by atoms with Gasteiger partial charge in [0.1, 0.15) is 11.4 Å². The van der Waals surface area contributed by atoms with Crippen LogP contribution in [0, 0.1) is 3.57 Å². The molecule has 0 radical (unpaired) electrons. The van der Waals surface area contributed by atoms with Gasteiger partial charge in [-0.05, 0) is 81.3 Å². The predicted octanol–water partition coefficient (Wildman–Crippen LogP) is 4.05. The van der Waals surface area contributed by atoms with Gasteiger partial charge in [-0.2, -0.15) is 0 Å². The first-order chi connectivity index (χ1) is 11.8. The van der Waals surface area contributed by atoms with Crippen LogP contribution in [0.2, 0.25) is 0 Å². The minimum atomic E-state index is -0.454. The summed E-state index contributed by atoms with van der Waals surface area (Å²) in [5, 5.41) is 2.99. The molecule has 1 aromatic carbocycles. The molecule has 1 saturated heterocycles. The predicted molar refractivity (Wildman–Crippen MR) is 108 cm³/mol. The zero-order valence-corrected chi connectivity index (χ0v) is 17.5. The molecule has 140 valence electrons. The maximum Gasteiger partial charge on any atom is 0.407 e. The standard InChI is InChI=1S/C19H29IN2O3/c1-19(2,3)25-18(23)21-15-8-6-11-22(14-15)12-7-13-24-17-10-5-4-9-16(17)20/h4-5,9-10,15H,6-8,11-14H2,1-3H3,(H,21,23)/t15-/m1/s1. The average molecular weight is 460 g/mol. The first kappa shape index (κ1) is 20.3. The summed E-state index contributed by atoms with van der Waals surface area (Å²) in [6.45, 7) is 9.29. The summed E-state index contributed by atoms with van der Waals surface area (Å²) in [6.07, 6.45) is 2.76. The van der Waals surface area contributed by atoms with Gasteiger partial charge in [0, 0.05) is 19.1 Å². The number of halogens is 1. The van der Waals surface area contributed by atoms with Crippen LogP contribution < -0.4 is 10.1 Å². The van der Waals surface area contributed by atoms with Crippen LogP contribution in [0.5, 0.6) is 5.75 Å². The molecule has 0 unspecified atom stereocenters. The second kappa shape index (κ2) is 9.62. The zero-order chi connectivity index (χ0) is 18.3. The molecule has 0 bridgehead atoms. The number of nitrogens with zero attached hydrogens (tertiary/aromatic N) is 1. The van der Waals surface area contributed by atoms with E-state index in [0.29, 0.717) is 6.61 Å². The van der Waals surface area contributed by atoms with E-state index in [-0.39, 0.29) is 12.1 Å². The summed E-state index contributed by atoms with van der Waals surface area (Å²) in [7, 11) is 0. The number of likely N-dealkylation sites (tertiary alicyclic amines) is 1. The molecule has 0 spiro atoms. The van der Waals surface area contributed by atoms with Gasteiger partial charge in [-0.25, -0.2) is 4.79 Å². The second-order valence-corrected chi connectivity index (χ2v) is 8.58. The molecule has 1 fully saturated rings. The molecule has 1 aliphatic rings. The molecule has 2 rings (SSSR count). The van der Waals surface area contributed by atoms with Crippen molar-refractivity contribution < 1.29 is 14.3 Å². The Morgan fingerprint density at radius 2 is 2.12 bits per heavy atom. The highest BCUT2D eigenvalue weighted by Crippen LogP contribution is 2.20. The number of hydrogen-bond donors (Lipinski definition) is 1. The van der Waals surface area contributed by atoms with Crippen molar-refractivity contribution in [2.24, 2.45) is 0 Å². The maximum atomic E-state index is 11.9. The monoisotopic (exact) mass is 460 g/mol. The van der Waals surface area contributed by atoms with Crippen molar-refractivity contribution in [2.75, 3.05) is 26.2 Å². The fourth-order valence-corrected chi connectivity index (χ4v) is 3.43. The Morgan fingerprint density at radius 1 is 1.36 bits per heavy atom. The van der Waals surface area contributed by atoms with Crippen molar-refractivity contribution in [3.8, 4) is 5.75 Å². The van der Waals surface area contributed by atoms with Crippen LogP contribution in [0.1, 0.15) is 40.0 Å². The van der Waals surface area contributed by atoms with Gasteiger partial charge in [-0.1, -0.05) is 12.1 Å². The molecule has 25 heavy (non-hydrogen) atoms. The number of carbonyl (C=O) groups is 1. The van der Waals surface area contributed by atoms with Crippen LogP contribution in [0.4, 0.5) is 4.79 Å². The minimum Gasteiger partial charge on any atom is -0.492 e. The molecular weight excluding hydrogens is 431 g/mol. The molecule has 0 aromatic heterocycles. The van der Waals surface area contributed by atoms with Crippen molar-refractivity contribution in [1.82, 2.24) is 10.2 Å². The Bertz CT molecular complexity index is 560. The SMILES string of the molecule is CC(C)(C)OC(=O)N[C@@H]1CCCN(CCCOc2ccccc2I)C1. The summed E-state index contributed by atoms with van der Waals surface area (Å²) in [5.41, 5.74) is -0.454. The van der Waals surface area contributed by atoms with Crippen LogP contribution in [-0.2, 0) is 4.74 Å². The van der Waals surface area contributed by atoms with Crippen LogP contribution >= 0.6 is 22.6 Å². The first-order valence-electron chi connectivity index (χ1n) is 8.93. The zero-order valence-electron chi connectivity index (χ0n) is 15.4. The summed E-state index contributed by atoms with van der Waals surface area (Å²) in [4.78, 5) is 14.3. The molecule has 1 atom stereocenters. The summed E-state index contributed by atoms with van der Waals surface area (Å²) < 4.78 is 12.3. The van der Waals surface area contributed by atoms with E-state index in [0.717, 1.165) is 48.2 Å². The Morgan fingerprint density at radius 3 is 2.84 bits per heavy atom. The average Bonchev–Trinajstić information content (AvgIpc) is 2.51. The summed E-state index contributed by atoms with van der Waals surface area (Å²) in [5.74, 6) is 0.950. The largest absolute Gasteiger partial charge is 0.492 e. The van der Waals surface area contributed by atoms with Crippen LogP contribution in [0.25, 0.3) is 0 Å². The number of alkyl carbamates (subject to hydrolysis) is 1. The van der Waals surface area contributed by atoms with Crippen LogP contribution in [0.15, 0.2) is 24.3 Å². The number of para-hydroxylation sites is 1.